The fourth-order valence-corrected chi connectivity index (χ4v) is 2.11. The van der Waals surface area contributed by atoms with Gasteiger partial charge in [-0.05, 0) is 31.6 Å². The number of rotatable bonds is 0. The van der Waals surface area contributed by atoms with Gasteiger partial charge in [-0.3, -0.25) is 4.84 Å². The minimum atomic E-state index is 0.0709. The zero-order valence-electron chi connectivity index (χ0n) is 9.45. The molecule has 15 heavy (non-hydrogen) atoms. The first-order valence-corrected chi connectivity index (χ1v) is 5.97. The molecule has 0 atom stereocenters. The molecule has 2 fully saturated rings. The highest BCUT2D eigenvalue weighted by Gasteiger charge is 2.26. The van der Waals surface area contributed by atoms with Crippen LogP contribution in [0.4, 0.5) is 4.79 Å². The van der Waals surface area contributed by atoms with E-state index in [0.717, 1.165) is 51.2 Å². The van der Waals surface area contributed by atoms with Gasteiger partial charge in [0.15, 0.2) is 0 Å². The summed E-state index contributed by atoms with van der Waals surface area (Å²) in [5.41, 5.74) is 0. The van der Waals surface area contributed by atoms with Gasteiger partial charge in [0.05, 0.1) is 13.2 Å². The van der Waals surface area contributed by atoms with Crippen LogP contribution in [-0.2, 0) is 4.84 Å². The van der Waals surface area contributed by atoms with Crippen molar-refractivity contribution in [3.8, 4) is 0 Å². The van der Waals surface area contributed by atoms with E-state index in [9.17, 15) is 4.79 Å². The van der Waals surface area contributed by atoms with Gasteiger partial charge in [0.25, 0.3) is 0 Å². The van der Waals surface area contributed by atoms with Gasteiger partial charge in [-0.25, -0.2) is 9.86 Å². The number of hydroxylamine groups is 2. The standard InChI is InChI=1S/C11H20N2O2/c1-10-4-7-12(8-5-10)11(14)13-6-2-3-9-15-13/h10H,2-9H2,1H3. The third-order valence-corrected chi connectivity index (χ3v) is 3.27. The molecular weight excluding hydrogens is 192 g/mol. The zero-order valence-corrected chi connectivity index (χ0v) is 9.45. The highest BCUT2D eigenvalue weighted by molar-refractivity contribution is 5.73. The number of carbonyl (C=O) groups is 1. The molecule has 2 aliphatic heterocycles. The maximum atomic E-state index is 12.0. The first-order chi connectivity index (χ1) is 7.27. The molecule has 2 amide bonds. The Kier molecular flexibility index (Phi) is 3.46. The number of hydrogen-bond donors (Lipinski definition) is 0. The molecule has 0 aliphatic carbocycles. The van der Waals surface area contributed by atoms with E-state index in [2.05, 4.69) is 6.92 Å². The highest BCUT2D eigenvalue weighted by atomic mass is 16.7. The second-order valence-corrected chi connectivity index (χ2v) is 4.59. The Morgan fingerprint density at radius 3 is 2.53 bits per heavy atom. The first kappa shape index (κ1) is 10.7. The van der Waals surface area contributed by atoms with E-state index in [-0.39, 0.29) is 6.03 Å². The van der Waals surface area contributed by atoms with Crippen molar-refractivity contribution in [1.29, 1.82) is 0 Å². The molecule has 0 N–H and O–H groups in total. The average Bonchev–Trinajstić information content (AvgIpc) is 2.30. The van der Waals surface area contributed by atoms with Crippen LogP contribution < -0.4 is 0 Å². The van der Waals surface area contributed by atoms with Crippen molar-refractivity contribution in [2.45, 2.75) is 32.6 Å². The molecule has 86 valence electrons. The van der Waals surface area contributed by atoms with Gasteiger partial charge < -0.3 is 4.90 Å². The summed E-state index contributed by atoms with van der Waals surface area (Å²) >= 11 is 0. The summed E-state index contributed by atoms with van der Waals surface area (Å²) in [7, 11) is 0. The third kappa shape index (κ3) is 2.62. The molecule has 0 aromatic heterocycles. The van der Waals surface area contributed by atoms with Crippen LogP contribution in [0.5, 0.6) is 0 Å². The summed E-state index contributed by atoms with van der Waals surface area (Å²) in [4.78, 5) is 19.3. The topological polar surface area (TPSA) is 32.8 Å². The van der Waals surface area contributed by atoms with Crippen LogP contribution in [0.25, 0.3) is 0 Å². The smallest absolute Gasteiger partial charge is 0.323 e. The predicted octanol–water partition coefficient (Wildman–Crippen LogP) is 1.87. The highest BCUT2D eigenvalue weighted by Crippen LogP contribution is 2.18. The fourth-order valence-electron chi connectivity index (χ4n) is 2.11. The molecular formula is C11H20N2O2. The maximum Gasteiger partial charge on any atom is 0.343 e. The van der Waals surface area contributed by atoms with Gasteiger partial charge in [0.2, 0.25) is 0 Å². The molecule has 0 saturated carbocycles. The number of urea groups is 1. The van der Waals surface area contributed by atoms with Gasteiger partial charge in [0, 0.05) is 13.1 Å². The van der Waals surface area contributed by atoms with Crippen molar-refractivity contribution in [2.75, 3.05) is 26.2 Å². The normalized spacial score (nSPS) is 24.3. The molecule has 2 saturated heterocycles. The van der Waals surface area contributed by atoms with Crippen molar-refractivity contribution in [1.82, 2.24) is 9.96 Å². The Morgan fingerprint density at radius 2 is 1.93 bits per heavy atom. The van der Waals surface area contributed by atoms with Crippen LogP contribution in [0.15, 0.2) is 0 Å². The predicted molar refractivity (Wildman–Crippen MR) is 57.3 cm³/mol. The minimum absolute atomic E-state index is 0.0709. The van der Waals surface area contributed by atoms with Crippen LogP contribution in [0.3, 0.4) is 0 Å². The Bertz CT molecular complexity index is 219. The van der Waals surface area contributed by atoms with E-state index in [1.165, 1.54) is 0 Å². The molecule has 2 rings (SSSR count). The Balaban J connectivity index is 1.84. The van der Waals surface area contributed by atoms with Crippen molar-refractivity contribution in [3.05, 3.63) is 0 Å². The monoisotopic (exact) mass is 212 g/mol. The Morgan fingerprint density at radius 1 is 1.20 bits per heavy atom. The molecule has 0 aromatic rings. The lowest BCUT2D eigenvalue weighted by molar-refractivity contribution is -0.147. The van der Waals surface area contributed by atoms with Gasteiger partial charge in [-0.2, -0.15) is 0 Å². The van der Waals surface area contributed by atoms with Crippen molar-refractivity contribution < 1.29 is 9.63 Å². The molecule has 2 aliphatic rings. The van der Waals surface area contributed by atoms with Crippen molar-refractivity contribution in [3.63, 3.8) is 0 Å². The molecule has 0 aromatic carbocycles. The second kappa shape index (κ2) is 4.84. The van der Waals surface area contributed by atoms with E-state index in [1.807, 2.05) is 4.90 Å². The van der Waals surface area contributed by atoms with Crippen LogP contribution >= 0.6 is 0 Å². The summed E-state index contributed by atoms with van der Waals surface area (Å²) in [6, 6.07) is 0.0709. The molecule has 4 heteroatoms. The summed E-state index contributed by atoms with van der Waals surface area (Å²) in [6.07, 6.45) is 4.38. The quantitative estimate of drug-likeness (QED) is 0.614. The lowest BCUT2D eigenvalue weighted by Crippen LogP contribution is -2.48. The minimum Gasteiger partial charge on any atom is -0.323 e. The Hall–Kier alpha value is -0.770. The van der Waals surface area contributed by atoms with Crippen molar-refractivity contribution >= 4 is 6.03 Å². The van der Waals surface area contributed by atoms with Crippen LogP contribution in [0.2, 0.25) is 0 Å². The van der Waals surface area contributed by atoms with Gasteiger partial charge >= 0.3 is 6.03 Å². The van der Waals surface area contributed by atoms with E-state index in [0.29, 0.717) is 6.61 Å². The summed E-state index contributed by atoms with van der Waals surface area (Å²) in [6.45, 7) is 5.47. The van der Waals surface area contributed by atoms with Gasteiger partial charge in [-0.15, -0.1) is 0 Å². The summed E-state index contributed by atoms with van der Waals surface area (Å²) < 4.78 is 0. The molecule has 4 nitrogen and oxygen atoms in total. The van der Waals surface area contributed by atoms with Crippen LogP contribution in [-0.4, -0.2) is 42.2 Å². The molecule has 0 radical (unpaired) electrons. The summed E-state index contributed by atoms with van der Waals surface area (Å²) in [5.74, 6) is 0.760. The van der Waals surface area contributed by atoms with Crippen LogP contribution in [0, 0.1) is 5.92 Å². The van der Waals surface area contributed by atoms with E-state index < -0.39 is 0 Å². The fraction of sp³-hybridized carbons (Fsp3) is 0.909. The van der Waals surface area contributed by atoms with Gasteiger partial charge in [0.1, 0.15) is 0 Å². The molecule has 0 spiro atoms. The molecule has 2 heterocycles. The SMILES string of the molecule is CC1CCN(C(=O)N2CCCCO2)CC1. The maximum absolute atomic E-state index is 12.0. The number of amides is 2. The van der Waals surface area contributed by atoms with E-state index >= 15 is 0 Å². The molecule has 0 bridgehead atoms. The summed E-state index contributed by atoms with van der Waals surface area (Å²) in [5, 5.41) is 1.54. The number of nitrogens with zero attached hydrogens (tertiary/aromatic N) is 2. The number of likely N-dealkylation sites (tertiary alicyclic amines) is 1. The number of piperidine rings is 1. The first-order valence-electron chi connectivity index (χ1n) is 5.97. The number of hydrogen-bond acceptors (Lipinski definition) is 2. The molecule has 0 unspecified atom stereocenters. The lowest BCUT2D eigenvalue weighted by Gasteiger charge is -2.35. The number of carbonyl (C=O) groups excluding carboxylic acids is 1. The van der Waals surface area contributed by atoms with Crippen molar-refractivity contribution in [2.24, 2.45) is 5.92 Å². The van der Waals surface area contributed by atoms with E-state index in [1.54, 1.807) is 5.06 Å². The average molecular weight is 212 g/mol. The Labute approximate surface area is 91.1 Å². The third-order valence-electron chi connectivity index (χ3n) is 3.27. The second-order valence-electron chi connectivity index (χ2n) is 4.59. The van der Waals surface area contributed by atoms with E-state index in [4.69, 9.17) is 4.84 Å². The zero-order chi connectivity index (χ0) is 10.7. The van der Waals surface area contributed by atoms with Gasteiger partial charge in [-0.1, -0.05) is 6.92 Å². The largest absolute Gasteiger partial charge is 0.343 e. The lowest BCUT2D eigenvalue weighted by atomic mass is 10.00. The van der Waals surface area contributed by atoms with Crippen LogP contribution in [0.1, 0.15) is 32.6 Å².